The predicted octanol–water partition coefficient (Wildman–Crippen LogP) is 3.91. The molecule has 0 N–H and O–H groups in total. The molecule has 4 nitrogen and oxygen atoms in total. The smallest absolute Gasteiger partial charge is 0.237 e. The number of carbonyl (C=O) groups excluding carboxylic acids is 3. The zero-order chi connectivity index (χ0) is 18.8. The van der Waals surface area contributed by atoms with E-state index in [0.717, 1.165) is 11.3 Å². The van der Waals surface area contributed by atoms with Crippen molar-refractivity contribution >= 4 is 23.2 Å². The van der Waals surface area contributed by atoms with E-state index in [-0.39, 0.29) is 35.7 Å². The molecular formula is C21H29NO3. The molecule has 0 aromatic heterocycles. The standard InChI is InChI=1S/C21H29NO3/c1-14(2)19(24)12-15(3)10-11-16(23)13-21(4)17-8-6-7-9-18(17)22(5)20(21)25/h6-9,14-15H,10-13H2,1-5H3/t15-,21?/m1/s1. The fraction of sp³-hybridized carbons (Fsp3) is 0.571. The Morgan fingerprint density at radius 1 is 1.16 bits per heavy atom. The number of benzene rings is 1. The number of hydrogen-bond donors (Lipinski definition) is 0. The maximum Gasteiger partial charge on any atom is 0.237 e. The summed E-state index contributed by atoms with van der Waals surface area (Å²) in [6.45, 7) is 7.68. The first-order valence-corrected chi connectivity index (χ1v) is 9.09. The number of nitrogens with zero attached hydrogens (tertiary/aromatic N) is 1. The molecule has 2 rings (SSSR count). The van der Waals surface area contributed by atoms with Crippen LogP contribution < -0.4 is 4.90 Å². The molecule has 0 fully saturated rings. The number of amides is 1. The lowest BCUT2D eigenvalue weighted by molar-refractivity contribution is -0.128. The highest BCUT2D eigenvalue weighted by atomic mass is 16.2. The molecule has 0 spiro atoms. The second-order valence-corrected chi connectivity index (χ2v) is 7.90. The van der Waals surface area contributed by atoms with Crippen LogP contribution in [-0.4, -0.2) is 24.5 Å². The molecular weight excluding hydrogens is 314 g/mol. The number of rotatable bonds is 8. The monoisotopic (exact) mass is 343 g/mol. The van der Waals surface area contributed by atoms with Crippen molar-refractivity contribution < 1.29 is 14.4 Å². The van der Waals surface area contributed by atoms with Gasteiger partial charge in [-0.1, -0.05) is 39.0 Å². The number of fused-ring (bicyclic) bond motifs is 1. The number of para-hydroxylation sites is 1. The Morgan fingerprint density at radius 3 is 2.44 bits per heavy atom. The Bertz CT molecular complexity index is 679. The van der Waals surface area contributed by atoms with Crippen molar-refractivity contribution in [2.24, 2.45) is 11.8 Å². The molecule has 1 heterocycles. The number of carbonyl (C=O) groups is 3. The molecule has 1 amide bonds. The first kappa shape index (κ1) is 19.4. The second kappa shape index (κ2) is 7.51. The molecule has 1 unspecified atom stereocenters. The lowest BCUT2D eigenvalue weighted by Gasteiger charge is -2.22. The Hall–Kier alpha value is -1.97. The van der Waals surface area contributed by atoms with E-state index < -0.39 is 5.41 Å². The molecule has 1 aromatic rings. The molecule has 1 aliphatic heterocycles. The Balaban J connectivity index is 1.99. The summed E-state index contributed by atoms with van der Waals surface area (Å²) in [7, 11) is 1.76. The third-order valence-electron chi connectivity index (χ3n) is 5.30. The van der Waals surface area contributed by atoms with Crippen molar-refractivity contribution in [3.8, 4) is 0 Å². The van der Waals surface area contributed by atoms with E-state index in [1.807, 2.05) is 52.0 Å². The lowest BCUT2D eigenvalue weighted by Crippen LogP contribution is -2.37. The molecule has 0 saturated carbocycles. The van der Waals surface area contributed by atoms with E-state index >= 15 is 0 Å². The van der Waals surface area contributed by atoms with Crippen molar-refractivity contribution in [2.75, 3.05) is 11.9 Å². The van der Waals surface area contributed by atoms with Crippen molar-refractivity contribution in [1.82, 2.24) is 0 Å². The van der Waals surface area contributed by atoms with E-state index in [0.29, 0.717) is 19.3 Å². The lowest BCUT2D eigenvalue weighted by atomic mass is 9.78. The van der Waals surface area contributed by atoms with Crippen LogP contribution in [0, 0.1) is 11.8 Å². The van der Waals surface area contributed by atoms with Crippen LogP contribution in [0.3, 0.4) is 0 Å². The molecule has 0 saturated heterocycles. The van der Waals surface area contributed by atoms with Crippen molar-refractivity contribution in [2.45, 2.75) is 58.8 Å². The summed E-state index contributed by atoms with van der Waals surface area (Å²) in [4.78, 5) is 38.7. The highest BCUT2D eigenvalue weighted by Gasteiger charge is 2.46. The predicted molar refractivity (Wildman–Crippen MR) is 99.7 cm³/mol. The van der Waals surface area contributed by atoms with Gasteiger partial charge in [-0.3, -0.25) is 14.4 Å². The van der Waals surface area contributed by atoms with Gasteiger partial charge in [0.15, 0.2) is 0 Å². The maximum atomic E-state index is 12.7. The zero-order valence-electron chi connectivity index (χ0n) is 16.0. The highest BCUT2D eigenvalue weighted by Crippen LogP contribution is 2.43. The van der Waals surface area contributed by atoms with Crippen molar-refractivity contribution in [3.63, 3.8) is 0 Å². The molecule has 0 bridgehead atoms. The van der Waals surface area contributed by atoms with Gasteiger partial charge in [0.25, 0.3) is 0 Å². The van der Waals surface area contributed by atoms with Gasteiger partial charge < -0.3 is 4.90 Å². The van der Waals surface area contributed by atoms with Gasteiger partial charge in [0, 0.05) is 37.9 Å². The third kappa shape index (κ3) is 4.00. The van der Waals surface area contributed by atoms with Crippen LogP contribution in [0.4, 0.5) is 5.69 Å². The fourth-order valence-corrected chi connectivity index (χ4v) is 3.57. The maximum absolute atomic E-state index is 12.7. The summed E-state index contributed by atoms with van der Waals surface area (Å²) in [5.41, 5.74) is 1.04. The summed E-state index contributed by atoms with van der Waals surface area (Å²) in [5, 5.41) is 0. The summed E-state index contributed by atoms with van der Waals surface area (Å²) < 4.78 is 0. The van der Waals surface area contributed by atoms with Gasteiger partial charge in [-0.25, -0.2) is 0 Å². The average Bonchev–Trinajstić information content (AvgIpc) is 2.75. The van der Waals surface area contributed by atoms with Gasteiger partial charge in [0.2, 0.25) is 5.91 Å². The summed E-state index contributed by atoms with van der Waals surface area (Å²) in [6, 6.07) is 7.67. The summed E-state index contributed by atoms with van der Waals surface area (Å²) >= 11 is 0. The second-order valence-electron chi connectivity index (χ2n) is 7.90. The SMILES string of the molecule is CC(C)C(=O)C[C@H](C)CCC(=O)CC1(C)C(=O)N(C)c2ccccc21. The molecule has 25 heavy (non-hydrogen) atoms. The van der Waals surface area contributed by atoms with Crippen LogP contribution in [-0.2, 0) is 19.8 Å². The topological polar surface area (TPSA) is 54.5 Å². The first-order valence-electron chi connectivity index (χ1n) is 9.09. The van der Waals surface area contributed by atoms with E-state index in [4.69, 9.17) is 0 Å². The molecule has 0 aliphatic carbocycles. The van der Waals surface area contributed by atoms with E-state index in [1.54, 1.807) is 11.9 Å². The average molecular weight is 343 g/mol. The van der Waals surface area contributed by atoms with E-state index in [1.165, 1.54) is 0 Å². The Morgan fingerprint density at radius 2 is 1.80 bits per heavy atom. The van der Waals surface area contributed by atoms with Crippen LogP contribution in [0.1, 0.15) is 58.9 Å². The minimum Gasteiger partial charge on any atom is -0.314 e. The zero-order valence-corrected chi connectivity index (χ0v) is 16.0. The molecule has 1 aromatic carbocycles. The molecule has 0 radical (unpaired) electrons. The number of likely N-dealkylation sites (N-methyl/N-ethyl adjacent to an activating group) is 1. The van der Waals surface area contributed by atoms with Gasteiger partial charge >= 0.3 is 0 Å². The van der Waals surface area contributed by atoms with Crippen LogP contribution >= 0.6 is 0 Å². The molecule has 1 aliphatic rings. The van der Waals surface area contributed by atoms with Crippen molar-refractivity contribution in [3.05, 3.63) is 29.8 Å². The number of anilines is 1. The molecule has 2 atom stereocenters. The number of hydrogen-bond acceptors (Lipinski definition) is 3. The Kier molecular flexibility index (Phi) is 5.81. The van der Waals surface area contributed by atoms with Crippen molar-refractivity contribution in [1.29, 1.82) is 0 Å². The Labute approximate surface area is 150 Å². The summed E-state index contributed by atoms with van der Waals surface area (Å²) in [6.07, 6.45) is 1.85. The number of Topliss-reactive ketones (excluding diaryl/α,β-unsaturated/α-hetero) is 2. The van der Waals surface area contributed by atoms with Gasteiger partial charge in [0.1, 0.15) is 11.6 Å². The molecule has 4 heteroatoms. The minimum atomic E-state index is -0.778. The van der Waals surface area contributed by atoms with Crippen LogP contribution in [0.2, 0.25) is 0 Å². The third-order valence-corrected chi connectivity index (χ3v) is 5.30. The number of ketones is 2. The van der Waals surface area contributed by atoms with Crippen LogP contribution in [0.15, 0.2) is 24.3 Å². The minimum absolute atomic E-state index is 0.0231. The highest BCUT2D eigenvalue weighted by molar-refractivity contribution is 6.09. The van der Waals surface area contributed by atoms with Crippen LogP contribution in [0.5, 0.6) is 0 Å². The summed E-state index contributed by atoms with van der Waals surface area (Å²) in [5.74, 6) is 0.546. The van der Waals surface area contributed by atoms with Gasteiger partial charge in [0.05, 0.1) is 5.41 Å². The first-order chi connectivity index (χ1) is 11.7. The normalized spacial score (nSPS) is 20.7. The van der Waals surface area contributed by atoms with Gasteiger partial charge in [-0.2, -0.15) is 0 Å². The fourth-order valence-electron chi connectivity index (χ4n) is 3.57. The quantitative estimate of drug-likeness (QED) is 0.719. The largest absolute Gasteiger partial charge is 0.314 e. The van der Waals surface area contributed by atoms with E-state index in [2.05, 4.69) is 0 Å². The van der Waals surface area contributed by atoms with Crippen LogP contribution in [0.25, 0.3) is 0 Å². The molecule has 136 valence electrons. The van der Waals surface area contributed by atoms with E-state index in [9.17, 15) is 14.4 Å². The van der Waals surface area contributed by atoms with Gasteiger partial charge in [-0.15, -0.1) is 0 Å². The van der Waals surface area contributed by atoms with Gasteiger partial charge in [-0.05, 0) is 30.9 Å².